The number of anilines is 1. The number of carbonyl (C=O) groups is 1. The maximum atomic E-state index is 13.4. The van der Waals surface area contributed by atoms with Crippen LogP contribution in [-0.2, 0) is 9.53 Å². The van der Waals surface area contributed by atoms with E-state index in [0.717, 1.165) is 49.4 Å². The summed E-state index contributed by atoms with van der Waals surface area (Å²) in [4.78, 5) is 26.1. The number of hydrogen-bond donors (Lipinski definition) is 1. The van der Waals surface area contributed by atoms with Crippen LogP contribution < -0.4 is 4.90 Å². The van der Waals surface area contributed by atoms with Crippen molar-refractivity contribution in [1.29, 1.82) is 0 Å². The molecular weight excluding hydrogens is 414 g/mol. The Labute approximate surface area is 186 Å². The van der Waals surface area contributed by atoms with Crippen molar-refractivity contribution in [3.63, 3.8) is 0 Å². The van der Waals surface area contributed by atoms with Gasteiger partial charge in [0, 0.05) is 48.8 Å². The summed E-state index contributed by atoms with van der Waals surface area (Å²) in [5, 5.41) is 0. The van der Waals surface area contributed by atoms with Crippen LogP contribution >= 0.6 is 0 Å². The van der Waals surface area contributed by atoms with E-state index in [0.29, 0.717) is 29.9 Å². The van der Waals surface area contributed by atoms with Gasteiger partial charge >= 0.3 is 0 Å². The summed E-state index contributed by atoms with van der Waals surface area (Å²) < 4.78 is 32.9. The Morgan fingerprint density at radius 2 is 1.94 bits per heavy atom. The van der Waals surface area contributed by atoms with Crippen LogP contribution in [0.3, 0.4) is 0 Å². The van der Waals surface area contributed by atoms with Crippen molar-refractivity contribution in [3.8, 4) is 11.4 Å². The molecule has 0 amide bonds. The first-order valence-corrected chi connectivity index (χ1v) is 11.0. The van der Waals surface area contributed by atoms with E-state index in [-0.39, 0.29) is 11.9 Å². The largest absolute Gasteiger partial charge is 0.377 e. The first kappa shape index (κ1) is 22.3. The van der Waals surface area contributed by atoms with Crippen LogP contribution in [0.5, 0.6) is 0 Å². The Kier molecular flexibility index (Phi) is 6.24. The molecule has 0 aliphatic carbocycles. The normalized spacial score (nSPS) is 15.5. The summed E-state index contributed by atoms with van der Waals surface area (Å²) in [5.41, 5.74) is 1.10. The molecule has 2 aromatic heterocycles. The Morgan fingerprint density at radius 1 is 1.22 bits per heavy atom. The maximum Gasteiger partial charge on any atom is 0.161 e. The number of imidazole rings is 1. The molecule has 1 fully saturated rings. The van der Waals surface area contributed by atoms with Crippen LogP contribution in [0.1, 0.15) is 40.0 Å². The third-order valence-electron chi connectivity index (χ3n) is 6.07. The second kappa shape index (κ2) is 8.94. The van der Waals surface area contributed by atoms with Gasteiger partial charge in [0.15, 0.2) is 11.6 Å². The number of ether oxygens (including phenoxy) is 1. The van der Waals surface area contributed by atoms with Gasteiger partial charge in [0.2, 0.25) is 0 Å². The smallest absolute Gasteiger partial charge is 0.161 e. The molecule has 6 nitrogen and oxygen atoms in total. The van der Waals surface area contributed by atoms with Crippen molar-refractivity contribution in [3.05, 3.63) is 42.1 Å². The van der Waals surface area contributed by atoms with Crippen molar-refractivity contribution >= 4 is 22.6 Å². The lowest BCUT2D eigenvalue weighted by Gasteiger charge is -2.34. The van der Waals surface area contributed by atoms with Crippen LogP contribution in [0.2, 0.25) is 0 Å². The molecule has 3 aromatic rings. The zero-order valence-corrected chi connectivity index (χ0v) is 18.6. The Hall–Kier alpha value is -2.87. The minimum Gasteiger partial charge on any atom is -0.377 e. The van der Waals surface area contributed by atoms with Crippen molar-refractivity contribution in [1.82, 2.24) is 15.0 Å². The number of aromatic amines is 1. The number of Topliss-reactive ketones (excluding diaryl/α,β-unsaturated/α-hetero) is 1. The summed E-state index contributed by atoms with van der Waals surface area (Å²) in [6, 6.07) is 6.01. The predicted molar refractivity (Wildman–Crippen MR) is 120 cm³/mol. The van der Waals surface area contributed by atoms with Gasteiger partial charge in [-0.15, -0.1) is 0 Å². The van der Waals surface area contributed by atoms with E-state index in [1.165, 1.54) is 0 Å². The van der Waals surface area contributed by atoms with Crippen LogP contribution in [0.15, 0.2) is 30.5 Å². The minimum absolute atomic E-state index is 0.144. The fraction of sp³-hybridized carbons (Fsp3) is 0.458. The summed E-state index contributed by atoms with van der Waals surface area (Å²) in [5.74, 6) is -0.229. The summed E-state index contributed by atoms with van der Waals surface area (Å²) in [7, 11) is 0. The van der Waals surface area contributed by atoms with Gasteiger partial charge < -0.3 is 14.6 Å². The van der Waals surface area contributed by atoms with E-state index >= 15 is 0 Å². The second-order valence-corrected chi connectivity index (χ2v) is 8.93. The van der Waals surface area contributed by atoms with E-state index in [1.807, 2.05) is 32.9 Å². The Morgan fingerprint density at radius 3 is 2.59 bits per heavy atom. The lowest BCUT2D eigenvalue weighted by atomic mass is 9.87. The van der Waals surface area contributed by atoms with Gasteiger partial charge in [-0.25, -0.2) is 18.7 Å². The highest BCUT2D eigenvalue weighted by Gasteiger charge is 2.29. The van der Waals surface area contributed by atoms with Crippen LogP contribution in [-0.4, -0.2) is 46.5 Å². The predicted octanol–water partition coefficient (Wildman–Crippen LogP) is 4.89. The average Bonchev–Trinajstić information content (AvgIpc) is 3.20. The molecule has 0 atom stereocenters. The highest BCUT2D eigenvalue weighted by molar-refractivity contribution is 5.83. The number of pyridine rings is 1. The molecule has 3 heterocycles. The molecule has 0 saturated carbocycles. The molecule has 0 spiro atoms. The van der Waals surface area contributed by atoms with Gasteiger partial charge in [0.05, 0.1) is 23.7 Å². The molecule has 170 valence electrons. The van der Waals surface area contributed by atoms with Crippen LogP contribution in [0.4, 0.5) is 14.6 Å². The second-order valence-electron chi connectivity index (χ2n) is 8.93. The minimum atomic E-state index is -0.920. The highest BCUT2D eigenvalue weighted by atomic mass is 19.2. The van der Waals surface area contributed by atoms with Gasteiger partial charge in [0.25, 0.3) is 0 Å². The molecule has 8 heteroatoms. The third kappa shape index (κ3) is 4.65. The Balaban J connectivity index is 1.36. The van der Waals surface area contributed by atoms with Crippen molar-refractivity contribution in [2.45, 2.75) is 46.1 Å². The fourth-order valence-electron chi connectivity index (χ4n) is 3.99. The number of aromatic nitrogens is 3. The molecule has 1 N–H and O–H groups in total. The molecule has 0 bridgehead atoms. The standard InChI is InChI=1S/C24H28F2N4O2/c1-4-21(31)24(2,3)14-32-16-7-9-30(10-8-16)22-6-5-15(13-27-22)23-28-19-11-17(25)18(26)12-20(19)29-23/h5-6,11-13,16H,4,7-10,14H2,1-3H3,(H,28,29). The molecule has 4 rings (SSSR count). The molecule has 1 aliphatic heterocycles. The zero-order chi connectivity index (χ0) is 22.9. The number of piperidine rings is 1. The molecule has 0 radical (unpaired) electrons. The number of benzene rings is 1. The third-order valence-corrected chi connectivity index (χ3v) is 6.07. The van der Waals surface area contributed by atoms with E-state index < -0.39 is 17.0 Å². The number of H-pyrrole nitrogens is 1. The lowest BCUT2D eigenvalue weighted by molar-refractivity contribution is -0.131. The monoisotopic (exact) mass is 442 g/mol. The average molecular weight is 443 g/mol. The maximum absolute atomic E-state index is 13.4. The summed E-state index contributed by atoms with van der Waals surface area (Å²) in [6.45, 7) is 7.85. The summed E-state index contributed by atoms with van der Waals surface area (Å²) >= 11 is 0. The molecule has 1 aromatic carbocycles. The van der Waals surface area contributed by atoms with Gasteiger partial charge in [-0.1, -0.05) is 20.8 Å². The van der Waals surface area contributed by atoms with Crippen LogP contribution in [0.25, 0.3) is 22.4 Å². The van der Waals surface area contributed by atoms with Gasteiger partial charge in [0.1, 0.15) is 17.4 Å². The molecule has 1 aliphatic rings. The van der Waals surface area contributed by atoms with Gasteiger partial charge in [-0.3, -0.25) is 4.79 Å². The fourth-order valence-corrected chi connectivity index (χ4v) is 3.99. The summed E-state index contributed by atoms with van der Waals surface area (Å²) in [6.07, 6.45) is 4.13. The number of fused-ring (bicyclic) bond motifs is 1. The quantitative estimate of drug-likeness (QED) is 0.564. The molecule has 1 saturated heterocycles. The van der Waals surface area contributed by atoms with Gasteiger partial charge in [-0.2, -0.15) is 0 Å². The molecule has 0 unspecified atom stereocenters. The number of rotatable bonds is 7. The number of ketones is 1. The number of carbonyl (C=O) groups excluding carboxylic acids is 1. The van der Waals surface area contributed by atoms with E-state index in [4.69, 9.17) is 4.74 Å². The van der Waals surface area contributed by atoms with Crippen LogP contribution in [0, 0.1) is 17.0 Å². The first-order valence-electron chi connectivity index (χ1n) is 11.0. The zero-order valence-electron chi connectivity index (χ0n) is 18.6. The number of hydrogen-bond acceptors (Lipinski definition) is 5. The topological polar surface area (TPSA) is 71.1 Å². The highest BCUT2D eigenvalue weighted by Crippen LogP contribution is 2.26. The lowest BCUT2D eigenvalue weighted by Crippen LogP contribution is -2.39. The number of nitrogens with zero attached hydrogens (tertiary/aromatic N) is 3. The number of halogens is 2. The SMILES string of the molecule is CCC(=O)C(C)(C)COC1CCN(c2ccc(-c3nc4cc(F)c(F)cc4[nH]3)cn2)CC1. The molecule has 32 heavy (non-hydrogen) atoms. The number of nitrogens with one attached hydrogen (secondary N) is 1. The van der Waals surface area contributed by atoms with Crippen molar-refractivity contribution < 1.29 is 18.3 Å². The van der Waals surface area contributed by atoms with Crippen molar-refractivity contribution in [2.24, 2.45) is 5.41 Å². The first-order chi connectivity index (χ1) is 15.3. The van der Waals surface area contributed by atoms with Crippen molar-refractivity contribution in [2.75, 3.05) is 24.6 Å². The van der Waals surface area contributed by atoms with E-state index in [1.54, 1.807) is 6.20 Å². The van der Waals surface area contributed by atoms with E-state index in [2.05, 4.69) is 19.9 Å². The Bertz CT molecular complexity index is 1060. The van der Waals surface area contributed by atoms with Gasteiger partial charge in [-0.05, 0) is 25.0 Å². The van der Waals surface area contributed by atoms with E-state index in [9.17, 15) is 13.6 Å². The molecular formula is C24H28F2N4O2.